The molecule has 6 nitrogen and oxygen atoms in total. The van der Waals surface area contributed by atoms with Crippen molar-refractivity contribution in [3.8, 4) is 11.4 Å². The van der Waals surface area contributed by atoms with E-state index < -0.39 is 0 Å². The lowest BCUT2D eigenvalue weighted by Gasteiger charge is -2.33. The minimum Gasteiger partial charge on any atom is -0.497 e. The first-order chi connectivity index (χ1) is 14.7. The number of rotatable bonds is 3. The molecule has 6 heteroatoms. The summed E-state index contributed by atoms with van der Waals surface area (Å²) in [6, 6.07) is 16.1. The zero-order valence-corrected chi connectivity index (χ0v) is 16.5. The van der Waals surface area contributed by atoms with Gasteiger partial charge < -0.3 is 4.74 Å². The van der Waals surface area contributed by atoms with Crippen LogP contribution in [-0.4, -0.2) is 21.0 Å². The van der Waals surface area contributed by atoms with Gasteiger partial charge in [-0.3, -0.25) is 0 Å². The van der Waals surface area contributed by atoms with E-state index in [0.717, 1.165) is 16.9 Å². The molecule has 0 fully saturated rings. The molecule has 2 aliphatic rings. The van der Waals surface area contributed by atoms with E-state index in [4.69, 9.17) is 4.74 Å². The predicted octanol–water partition coefficient (Wildman–Crippen LogP) is 3.40. The number of benzene rings is 2. The Morgan fingerprint density at radius 1 is 0.867 bits per heavy atom. The molecular formula is C24H21N3O3. The number of ether oxygens (including phenoxy) is 1. The number of allylic oxidation sites excluding steroid dienone is 6. The van der Waals surface area contributed by atoms with Gasteiger partial charge in [0.2, 0.25) is 0 Å². The molecule has 0 N–H and O–H groups in total. The van der Waals surface area contributed by atoms with E-state index in [0.29, 0.717) is 12.1 Å². The Kier molecular flexibility index (Phi) is 4.39. The molecule has 0 radical (unpaired) electrons. The Bertz CT molecular complexity index is 1290. The molecule has 1 aliphatic carbocycles. The lowest BCUT2D eigenvalue weighted by molar-refractivity contribution is 0.331. The maximum atomic E-state index is 13.6. The predicted molar refractivity (Wildman–Crippen MR) is 115 cm³/mol. The molecule has 1 aliphatic heterocycles. The number of nitrogens with zero attached hydrogens (tertiary/aromatic N) is 3. The highest BCUT2D eigenvalue weighted by atomic mass is 16.5. The van der Waals surface area contributed by atoms with Crippen molar-refractivity contribution in [1.82, 2.24) is 13.9 Å². The van der Waals surface area contributed by atoms with Gasteiger partial charge in [0.25, 0.3) is 0 Å². The summed E-state index contributed by atoms with van der Waals surface area (Å²) in [4.78, 5) is 27.0. The molecule has 2 unspecified atom stereocenters. The minimum absolute atomic E-state index is 0.221. The first-order valence-corrected chi connectivity index (χ1v) is 9.88. The molecule has 2 heterocycles. The third-order valence-electron chi connectivity index (χ3n) is 5.67. The van der Waals surface area contributed by atoms with Crippen molar-refractivity contribution < 1.29 is 4.74 Å². The SMILES string of the molecule is COc1ccc(C2C3=CC=CC=CC(C3)n3c(=O)n(-c4ccccc4)c(=O)n32)cc1. The zero-order valence-electron chi connectivity index (χ0n) is 16.5. The standard InChI is InChI=1S/C24H21N3O3/c1-30-21-14-12-17(13-15-21)22-18-8-4-2-7-11-20(16-18)26-23(28)25(24(29)27(22)26)19-9-5-3-6-10-19/h2-15,20,22H,16H2,1H3. The van der Waals surface area contributed by atoms with Gasteiger partial charge in [0.15, 0.2) is 0 Å². The molecule has 0 saturated carbocycles. The molecule has 2 aromatic carbocycles. The summed E-state index contributed by atoms with van der Waals surface area (Å²) in [7, 11) is 1.62. The van der Waals surface area contributed by atoms with E-state index in [1.165, 1.54) is 4.57 Å². The highest BCUT2D eigenvalue weighted by Gasteiger charge is 2.35. The highest BCUT2D eigenvalue weighted by Crippen LogP contribution is 2.37. The Morgan fingerprint density at radius 3 is 2.33 bits per heavy atom. The lowest BCUT2D eigenvalue weighted by Crippen LogP contribution is -2.39. The van der Waals surface area contributed by atoms with Crippen molar-refractivity contribution in [3.05, 3.63) is 117 Å². The summed E-state index contributed by atoms with van der Waals surface area (Å²) in [5, 5.41) is 0. The quantitative estimate of drug-likeness (QED) is 0.678. The summed E-state index contributed by atoms with van der Waals surface area (Å²) in [6.45, 7) is 0. The zero-order chi connectivity index (χ0) is 20.7. The van der Waals surface area contributed by atoms with Crippen LogP contribution in [0.1, 0.15) is 24.1 Å². The van der Waals surface area contributed by atoms with Gasteiger partial charge in [-0.1, -0.05) is 60.7 Å². The molecular weight excluding hydrogens is 378 g/mol. The lowest BCUT2D eigenvalue weighted by atomic mass is 9.90. The van der Waals surface area contributed by atoms with Gasteiger partial charge >= 0.3 is 11.4 Å². The van der Waals surface area contributed by atoms with Crippen LogP contribution in [0.3, 0.4) is 0 Å². The van der Waals surface area contributed by atoms with E-state index in [2.05, 4.69) is 0 Å². The number of aromatic nitrogens is 3. The number of methoxy groups -OCH3 is 1. The molecule has 0 spiro atoms. The monoisotopic (exact) mass is 399 g/mol. The van der Waals surface area contributed by atoms with Gasteiger partial charge in [0.1, 0.15) is 11.8 Å². The smallest absolute Gasteiger partial charge is 0.352 e. The van der Waals surface area contributed by atoms with Crippen molar-refractivity contribution in [3.63, 3.8) is 0 Å². The van der Waals surface area contributed by atoms with E-state index in [9.17, 15) is 9.59 Å². The van der Waals surface area contributed by atoms with E-state index in [-0.39, 0.29) is 23.5 Å². The van der Waals surface area contributed by atoms with Crippen LogP contribution in [0.2, 0.25) is 0 Å². The second-order valence-electron chi connectivity index (χ2n) is 7.38. The number of para-hydroxylation sites is 1. The molecule has 150 valence electrons. The molecule has 2 atom stereocenters. The second kappa shape index (κ2) is 7.22. The van der Waals surface area contributed by atoms with Crippen molar-refractivity contribution in [1.29, 1.82) is 0 Å². The molecule has 30 heavy (non-hydrogen) atoms. The van der Waals surface area contributed by atoms with E-state index in [1.807, 2.05) is 72.8 Å². The van der Waals surface area contributed by atoms with Crippen molar-refractivity contribution >= 4 is 0 Å². The third kappa shape index (κ3) is 2.80. The van der Waals surface area contributed by atoms with E-state index >= 15 is 0 Å². The van der Waals surface area contributed by atoms with Crippen LogP contribution >= 0.6 is 0 Å². The Hall–Kier alpha value is -3.80. The third-order valence-corrected chi connectivity index (χ3v) is 5.67. The Labute approximate surface area is 173 Å². The summed E-state index contributed by atoms with van der Waals surface area (Å²) < 4.78 is 9.73. The summed E-state index contributed by atoms with van der Waals surface area (Å²) in [6.07, 6.45) is 10.5. The fourth-order valence-corrected chi connectivity index (χ4v) is 4.29. The fraction of sp³-hybridized carbons (Fsp3) is 0.167. The van der Waals surface area contributed by atoms with Gasteiger partial charge in [-0.15, -0.1) is 0 Å². The van der Waals surface area contributed by atoms with Gasteiger partial charge in [0.05, 0.1) is 18.8 Å². The summed E-state index contributed by atoms with van der Waals surface area (Å²) in [5.41, 5.74) is 1.90. The first-order valence-electron chi connectivity index (χ1n) is 9.88. The number of hydrogen-bond acceptors (Lipinski definition) is 3. The maximum Gasteiger partial charge on any atom is 0.352 e. The molecule has 0 saturated heterocycles. The van der Waals surface area contributed by atoms with Crippen LogP contribution in [-0.2, 0) is 0 Å². The molecule has 3 aromatic rings. The van der Waals surface area contributed by atoms with Crippen LogP contribution < -0.4 is 16.1 Å². The average Bonchev–Trinajstić information content (AvgIpc) is 3.03. The maximum absolute atomic E-state index is 13.6. The highest BCUT2D eigenvalue weighted by molar-refractivity contribution is 5.39. The molecule has 5 rings (SSSR count). The molecule has 2 bridgehead atoms. The second-order valence-corrected chi connectivity index (χ2v) is 7.38. The summed E-state index contributed by atoms with van der Waals surface area (Å²) in [5.74, 6) is 0.744. The van der Waals surface area contributed by atoms with Gasteiger partial charge in [-0.25, -0.2) is 23.5 Å². The number of fused-ring (bicyclic) bond motifs is 4. The largest absolute Gasteiger partial charge is 0.497 e. The topological polar surface area (TPSA) is 58.2 Å². The average molecular weight is 399 g/mol. The Balaban J connectivity index is 1.80. The van der Waals surface area contributed by atoms with Gasteiger partial charge in [-0.2, -0.15) is 0 Å². The molecule has 1 aromatic heterocycles. The Morgan fingerprint density at radius 2 is 1.60 bits per heavy atom. The first kappa shape index (κ1) is 18.2. The van der Waals surface area contributed by atoms with Crippen LogP contribution in [0.5, 0.6) is 5.75 Å². The minimum atomic E-state index is -0.367. The summed E-state index contributed by atoms with van der Waals surface area (Å²) >= 11 is 0. The van der Waals surface area contributed by atoms with Crippen molar-refractivity contribution in [2.24, 2.45) is 0 Å². The van der Waals surface area contributed by atoms with Crippen LogP contribution in [0.4, 0.5) is 0 Å². The normalized spacial score (nSPS) is 19.6. The van der Waals surface area contributed by atoms with Crippen LogP contribution in [0, 0.1) is 0 Å². The van der Waals surface area contributed by atoms with Gasteiger partial charge in [0, 0.05) is 0 Å². The van der Waals surface area contributed by atoms with E-state index in [1.54, 1.807) is 28.6 Å². The van der Waals surface area contributed by atoms with Crippen LogP contribution in [0.15, 0.2) is 100 Å². The van der Waals surface area contributed by atoms with Crippen molar-refractivity contribution in [2.75, 3.05) is 7.11 Å². The number of hydrogen-bond donors (Lipinski definition) is 0. The van der Waals surface area contributed by atoms with Crippen LogP contribution in [0.25, 0.3) is 5.69 Å². The van der Waals surface area contributed by atoms with Gasteiger partial charge in [-0.05, 0) is 41.8 Å². The molecule has 0 amide bonds. The fourth-order valence-electron chi connectivity index (χ4n) is 4.29. The van der Waals surface area contributed by atoms with Crippen molar-refractivity contribution in [2.45, 2.75) is 18.5 Å².